The highest BCUT2D eigenvalue weighted by molar-refractivity contribution is 5.52. The van der Waals surface area contributed by atoms with Gasteiger partial charge in [0.25, 0.3) is 0 Å². The number of likely N-dealkylation sites (N-methyl/N-ethyl adjacent to an activating group) is 1. The monoisotopic (exact) mass is 312 g/mol. The Morgan fingerprint density at radius 1 is 1.22 bits per heavy atom. The molecule has 23 heavy (non-hydrogen) atoms. The Morgan fingerprint density at radius 2 is 2.13 bits per heavy atom. The number of aromatic nitrogens is 2. The van der Waals surface area contributed by atoms with Crippen LogP contribution in [-0.2, 0) is 13.0 Å². The summed E-state index contributed by atoms with van der Waals surface area (Å²) in [5.41, 5.74) is 3.45. The minimum Gasteiger partial charge on any atom is -0.349 e. The molecular weight excluding hydrogens is 291 g/mol. The van der Waals surface area contributed by atoms with Crippen molar-refractivity contribution in [1.82, 2.24) is 14.9 Å². The Balaban J connectivity index is 1.72. The van der Waals surface area contributed by atoms with Gasteiger partial charge in [0.05, 0.1) is 11.7 Å². The summed E-state index contributed by atoms with van der Waals surface area (Å²) in [6.07, 6.45) is 4.80. The summed E-state index contributed by atoms with van der Waals surface area (Å²) in [6, 6.07) is 7.18. The molecule has 4 nitrogen and oxygen atoms in total. The molecule has 0 radical (unpaired) electrons. The third-order valence-electron chi connectivity index (χ3n) is 4.93. The standard InChI is InChI=1S/C18H21FN4/c1-22-9-7-16-15(11-22)18(21-12-20-16)23-8-3-6-17(23)13-4-2-5-14(19)10-13/h2,4-5,10,12,17H,3,6-9,11H2,1H3/t17-/m0/s1. The minimum atomic E-state index is -0.168. The van der Waals surface area contributed by atoms with Gasteiger partial charge in [0.1, 0.15) is 18.0 Å². The van der Waals surface area contributed by atoms with Crippen LogP contribution in [0.25, 0.3) is 0 Å². The van der Waals surface area contributed by atoms with Crippen molar-refractivity contribution in [2.24, 2.45) is 0 Å². The Morgan fingerprint density at radius 3 is 3.00 bits per heavy atom. The third-order valence-corrected chi connectivity index (χ3v) is 4.93. The van der Waals surface area contributed by atoms with Gasteiger partial charge in [-0.2, -0.15) is 0 Å². The summed E-state index contributed by atoms with van der Waals surface area (Å²) in [4.78, 5) is 13.7. The fourth-order valence-electron chi connectivity index (χ4n) is 3.79. The average Bonchev–Trinajstić information content (AvgIpc) is 3.03. The van der Waals surface area contributed by atoms with E-state index in [1.54, 1.807) is 18.5 Å². The van der Waals surface area contributed by atoms with Crippen LogP contribution < -0.4 is 4.90 Å². The number of nitrogens with zero attached hydrogens (tertiary/aromatic N) is 4. The number of benzene rings is 1. The first-order valence-corrected chi connectivity index (χ1v) is 8.26. The molecule has 4 rings (SSSR count). The van der Waals surface area contributed by atoms with E-state index in [2.05, 4.69) is 26.8 Å². The Hall–Kier alpha value is -2.01. The lowest BCUT2D eigenvalue weighted by atomic mass is 10.0. The predicted octanol–water partition coefficient (Wildman–Crippen LogP) is 2.95. The number of rotatable bonds is 2. The van der Waals surface area contributed by atoms with Crippen LogP contribution in [0, 0.1) is 5.82 Å². The molecule has 0 spiro atoms. The van der Waals surface area contributed by atoms with Gasteiger partial charge in [0.15, 0.2) is 0 Å². The zero-order valence-electron chi connectivity index (χ0n) is 13.4. The topological polar surface area (TPSA) is 32.3 Å². The average molecular weight is 312 g/mol. The molecular formula is C18H21FN4. The van der Waals surface area contributed by atoms with Gasteiger partial charge in [0, 0.05) is 31.6 Å². The number of halogens is 1. The van der Waals surface area contributed by atoms with Crippen LogP contribution in [0.4, 0.5) is 10.2 Å². The first-order valence-electron chi connectivity index (χ1n) is 8.26. The fourth-order valence-corrected chi connectivity index (χ4v) is 3.79. The molecule has 1 saturated heterocycles. The molecule has 0 N–H and O–H groups in total. The molecule has 0 unspecified atom stereocenters. The van der Waals surface area contributed by atoms with Crippen molar-refractivity contribution in [3.63, 3.8) is 0 Å². The number of fused-ring (bicyclic) bond motifs is 1. The molecule has 120 valence electrons. The van der Waals surface area contributed by atoms with Gasteiger partial charge < -0.3 is 9.80 Å². The summed E-state index contributed by atoms with van der Waals surface area (Å²) in [5, 5.41) is 0. The summed E-state index contributed by atoms with van der Waals surface area (Å²) in [6.45, 7) is 2.89. The highest BCUT2D eigenvalue weighted by Crippen LogP contribution is 2.38. The zero-order chi connectivity index (χ0) is 15.8. The molecule has 1 aromatic heterocycles. The van der Waals surface area contributed by atoms with E-state index in [4.69, 9.17) is 0 Å². The normalized spacial score (nSPS) is 21.5. The second kappa shape index (κ2) is 5.89. The lowest BCUT2D eigenvalue weighted by Gasteiger charge is -2.32. The molecule has 1 atom stereocenters. The van der Waals surface area contributed by atoms with Crippen LogP contribution in [0.3, 0.4) is 0 Å². The summed E-state index contributed by atoms with van der Waals surface area (Å²) >= 11 is 0. The molecule has 1 fully saturated rings. The highest BCUT2D eigenvalue weighted by Gasteiger charge is 2.31. The molecule has 2 aliphatic rings. The van der Waals surface area contributed by atoms with Crippen molar-refractivity contribution >= 4 is 5.82 Å². The van der Waals surface area contributed by atoms with Gasteiger partial charge in [-0.15, -0.1) is 0 Å². The van der Waals surface area contributed by atoms with Gasteiger partial charge >= 0.3 is 0 Å². The maximum atomic E-state index is 13.6. The van der Waals surface area contributed by atoms with E-state index in [1.165, 1.54) is 11.6 Å². The van der Waals surface area contributed by atoms with Gasteiger partial charge in [-0.3, -0.25) is 0 Å². The summed E-state index contributed by atoms with van der Waals surface area (Å²) in [7, 11) is 2.13. The molecule has 0 aliphatic carbocycles. The highest BCUT2D eigenvalue weighted by atomic mass is 19.1. The zero-order valence-corrected chi connectivity index (χ0v) is 13.4. The molecule has 2 aliphatic heterocycles. The fraction of sp³-hybridized carbons (Fsp3) is 0.444. The van der Waals surface area contributed by atoms with E-state index in [0.29, 0.717) is 0 Å². The van der Waals surface area contributed by atoms with Crippen LogP contribution in [0.15, 0.2) is 30.6 Å². The van der Waals surface area contributed by atoms with Crippen LogP contribution in [0.2, 0.25) is 0 Å². The molecule has 0 bridgehead atoms. The number of hydrogen-bond acceptors (Lipinski definition) is 4. The quantitative estimate of drug-likeness (QED) is 0.853. The van der Waals surface area contributed by atoms with Crippen LogP contribution in [-0.4, -0.2) is 35.0 Å². The van der Waals surface area contributed by atoms with Crippen molar-refractivity contribution in [1.29, 1.82) is 0 Å². The van der Waals surface area contributed by atoms with E-state index in [0.717, 1.165) is 56.0 Å². The molecule has 0 amide bonds. The molecule has 1 aromatic carbocycles. The second-order valence-electron chi connectivity index (χ2n) is 6.52. The van der Waals surface area contributed by atoms with Crippen molar-refractivity contribution in [2.45, 2.75) is 31.8 Å². The van der Waals surface area contributed by atoms with Gasteiger partial charge in [-0.05, 0) is 37.6 Å². The summed E-state index contributed by atoms with van der Waals surface area (Å²) in [5.74, 6) is 0.868. The predicted molar refractivity (Wildman–Crippen MR) is 87.8 cm³/mol. The van der Waals surface area contributed by atoms with E-state index >= 15 is 0 Å². The molecule has 0 saturated carbocycles. The van der Waals surface area contributed by atoms with Crippen molar-refractivity contribution in [3.8, 4) is 0 Å². The summed E-state index contributed by atoms with van der Waals surface area (Å²) < 4.78 is 13.6. The third kappa shape index (κ3) is 2.70. The lowest BCUT2D eigenvalue weighted by molar-refractivity contribution is 0.309. The molecule has 3 heterocycles. The smallest absolute Gasteiger partial charge is 0.137 e. The van der Waals surface area contributed by atoms with E-state index in [-0.39, 0.29) is 11.9 Å². The van der Waals surface area contributed by atoms with Crippen molar-refractivity contribution < 1.29 is 4.39 Å². The maximum Gasteiger partial charge on any atom is 0.137 e. The number of anilines is 1. The van der Waals surface area contributed by atoms with Crippen LogP contribution >= 0.6 is 0 Å². The first kappa shape index (κ1) is 14.6. The SMILES string of the molecule is CN1CCc2ncnc(N3CCC[C@H]3c3cccc(F)c3)c2C1. The Bertz CT molecular complexity index is 718. The van der Waals surface area contributed by atoms with Gasteiger partial charge in [0.2, 0.25) is 0 Å². The second-order valence-corrected chi connectivity index (χ2v) is 6.52. The van der Waals surface area contributed by atoms with E-state index < -0.39 is 0 Å². The van der Waals surface area contributed by atoms with Gasteiger partial charge in [-0.25, -0.2) is 14.4 Å². The minimum absolute atomic E-state index is 0.168. The van der Waals surface area contributed by atoms with Crippen LogP contribution in [0.5, 0.6) is 0 Å². The molecule has 2 aromatic rings. The molecule has 5 heteroatoms. The Kier molecular flexibility index (Phi) is 3.73. The largest absolute Gasteiger partial charge is 0.349 e. The van der Waals surface area contributed by atoms with E-state index in [1.807, 2.05) is 6.07 Å². The van der Waals surface area contributed by atoms with Crippen molar-refractivity contribution in [2.75, 3.05) is 25.0 Å². The number of hydrogen-bond donors (Lipinski definition) is 0. The van der Waals surface area contributed by atoms with Gasteiger partial charge in [-0.1, -0.05) is 12.1 Å². The first-order chi connectivity index (χ1) is 11.2. The Labute approximate surface area is 136 Å². The van der Waals surface area contributed by atoms with E-state index in [9.17, 15) is 4.39 Å². The maximum absolute atomic E-state index is 13.6. The lowest BCUT2D eigenvalue weighted by Crippen LogP contribution is -2.32. The van der Waals surface area contributed by atoms with Crippen LogP contribution in [0.1, 0.15) is 35.7 Å². The van der Waals surface area contributed by atoms with Crippen molar-refractivity contribution in [3.05, 3.63) is 53.2 Å².